The van der Waals surface area contributed by atoms with E-state index in [0.717, 1.165) is 5.56 Å². The summed E-state index contributed by atoms with van der Waals surface area (Å²) in [6.07, 6.45) is 3.71. The molecular formula is C14H11ClFNO. The second-order valence-corrected chi connectivity index (χ2v) is 4.39. The van der Waals surface area contributed by atoms with E-state index in [2.05, 4.69) is 4.98 Å². The Morgan fingerprint density at radius 1 is 1.17 bits per heavy atom. The van der Waals surface area contributed by atoms with E-state index >= 15 is 0 Å². The Hall–Kier alpha value is -1.74. The lowest BCUT2D eigenvalue weighted by Gasteiger charge is -2.04. The third kappa shape index (κ3) is 3.37. The smallest absolute Gasteiger partial charge is 0.141 e. The minimum Gasteiger partial charge on any atom is -0.299 e. The fourth-order valence-corrected chi connectivity index (χ4v) is 1.87. The number of ketones is 1. The third-order valence-electron chi connectivity index (χ3n) is 2.55. The van der Waals surface area contributed by atoms with Gasteiger partial charge in [-0.2, -0.15) is 0 Å². The van der Waals surface area contributed by atoms with Crippen LogP contribution in [0, 0.1) is 5.82 Å². The van der Waals surface area contributed by atoms with E-state index in [4.69, 9.17) is 11.6 Å². The minimum absolute atomic E-state index is 0.00583. The van der Waals surface area contributed by atoms with E-state index in [1.54, 1.807) is 24.5 Å². The molecule has 0 radical (unpaired) electrons. The highest BCUT2D eigenvalue weighted by atomic mass is 35.5. The molecule has 0 unspecified atom stereocenters. The lowest BCUT2D eigenvalue weighted by Crippen LogP contribution is -2.07. The van der Waals surface area contributed by atoms with Gasteiger partial charge in [0.15, 0.2) is 0 Å². The molecule has 0 aliphatic rings. The van der Waals surface area contributed by atoms with Crippen molar-refractivity contribution in [2.75, 3.05) is 0 Å². The molecule has 1 heterocycles. The topological polar surface area (TPSA) is 30.0 Å². The molecule has 0 aliphatic heterocycles. The molecule has 0 bridgehead atoms. The molecule has 4 heteroatoms. The number of hydrogen-bond donors (Lipinski definition) is 0. The molecule has 0 amide bonds. The van der Waals surface area contributed by atoms with Crippen molar-refractivity contribution in [1.29, 1.82) is 0 Å². The van der Waals surface area contributed by atoms with E-state index < -0.39 is 0 Å². The van der Waals surface area contributed by atoms with Crippen molar-refractivity contribution in [3.8, 4) is 0 Å². The molecule has 1 aromatic heterocycles. The summed E-state index contributed by atoms with van der Waals surface area (Å²) in [5.74, 6) is -0.389. The van der Waals surface area contributed by atoms with Crippen LogP contribution in [-0.2, 0) is 17.6 Å². The maximum atomic E-state index is 13.0. The summed E-state index contributed by atoms with van der Waals surface area (Å²) >= 11 is 5.91. The highest BCUT2D eigenvalue weighted by Gasteiger charge is 2.09. The van der Waals surface area contributed by atoms with Crippen molar-refractivity contribution < 1.29 is 9.18 Å². The zero-order chi connectivity index (χ0) is 13.0. The van der Waals surface area contributed by atoms with Gasteiger partial charge in [-0.1, -0.05) is 11.6 Å². The Kier molecular flexibility index (Phi) is 4.05. The quantitative estimate of drug-likeness (QED) is 0.848. The first-order valence-electron chi connectivity index (χ1n) is 5.49. The normalized spacial score (nSPS) is 10.3. The molecule has 2 rings (SSSR count). The zero-order valence-electron chi connectivity index (χ0n) is 9.57. The molecule has 0 saturated heterocycles. The lowest BCUT2D eigenvalue weighted by molar-refractivity contribution is -0.117. The van der Waals surface area contributed by atoms with Gasteiger partial charge >= 0.3 is 0 Å². The van der Waals surface area contributed by atoms with Crippen molar-refractivity contribution >= 4 is 17.4 Å². The van der Waals surface area contributed by atoms with Crippen LogP contribution in [0.2, 0.25) is 5.02 Å². The van der Waals surface area contributed by atoms with Gasteiger partial charge in [-0.25, -0.2) is 4.39 Å². The van der Waals surface area contributed by atoms with Crippen molar-refractivity contribution in [2.45, 2.75) is 12.8 Å². The molecule has 92 valence electrons. The van der Waals surface area contributed by atoms with Crippen molar-refractivity contribution in [3.05, 3.63) is 64.7 Å². The number of rotatable bonds is 4. The van der Waals surface area contributed by atoms with Crippen LogP contribution >= 0.6 is 11.6 Å². The van der Waals surface area contributed by atoms with Crippen molar-refractivity contribution in [1.82, 2.24) is 4.98 Å². The second-order valence-electron chi connectivity index (χ2n) is 3.98. The summed E-state index contributed by atoms with van der Waals surface area (Å²) in [7, 11) is 0. The molecule has 0 fully saturated rings. The van der Waals surface area contributed by atoms with Gasteiger partial charge in [-0.05, 0) is 41.5 Å². The summed E-state index contributed by atoms with van der Waals surface area (Å²) < 4.78 is 13.0. The van der Waals surface area contributed by atoms with E-state index in [9.17, 15) is 9.18 Å². The van der Waals surface area contributed by atoms with Gasteiger partial charge in [-0.3, -0.25) is 9.78 Å². The van der Waals surface area contributed by atoms with E-state index in [1.807, 2.05) is 0 Å². The van der Waals surface area contributed by atoms with Gasteiger partial charge in [-0.15, -0.1) is 0 Å². The molecule has 1 aromatic carbocycles. The van der Waals surface area contributed by atoms with Gasteiger partial charge in [0.1, 0.15) is 11.6 Å². The Balaban J connectivity index is 2.05. The highest BCUT2D eigenvalue weighted by Crippen LogP contribution is 2.18. The first-order chi connectivity index (χ1) is 8.65. The van der Waals surface area contributed by atoms with Crippen LogP contribution in [0.3, 0.4) is 0 Å². The molecule has 0 atom stereocenters. The Labute approximate surface area is 109 Å². The van der Waals surface area contributed by atoms with Crippen LogP contribution in [0.1, 0.15) is 11.1 Å². The largest absolute Gasteiger partial charge is 0.299 e. The maximum Gasteiger partial charge on any atom is 0.141 e. The predicted molar refractivity (Wildman–Crippen MR) is 68.1 cm³/mol. The summed E-state index contributed by atoms with van der Waals surface area (Å²) in [6, 6.07) is 7.61. The lowest BCUT2D eigenvalue weighted by atomic mass is 10.0. The minimum atomic E-state index is -0.383. The summed E-state index contributed by atoms with van der Waals surface area (Å²) in [5, 5.41) is 0.416. The molecular weight excluding hydrogens is 253 g/mol. The summed E-state index contributed by atoms with van der Waals surface area (Å²) in [6.45, 7) is 0. The number of carbonyl (C=O) groups excluding carboxylic acids is 1. The van der Waals surface area contributed by atoms with E-state index in [-0.39, 0.29) is 18.0 Å². The molecule has 2 aromatic rings. The summed E-state index contributed by atoms with van der Waals surface area (Å²) in [5.41, 5.74) is 1.42. The van der Waals surface area contributed by atoms with Crippen molar-refractivity contribution in [2.24, 2.45) is 0 Å². The number of halogens is 2. The molecule has 0 saturated carbocycles. The predicted octanol–water partition coefficient (Wildman–Crippen LogP) is 3.23. The molecule has 0 aliphatic carbocycles. The highest BCUT2D eigenvalue weighted by molar-refractivity contribution is 6.31. The van der Waals surface area contributed by atoms with Gasteiger partial charge in [0.2, 0.25) is 0 Å². The third-order valence-corrected chi connectivity index (χ3v) is 2.91. The molecule has 18 heavy (non-hydrogen) atoms. The van der Waals surface area contributed by atoms with Crippen LogP contribution in [0.5, 0.6) is 0 Å². The van der Waals surface area contributed by atoms with E-state index in [1.165, 1.54) is 18.2 Å². The number of benzene rings is 1. The van der Waals surface area contributed by atoms with Crippen LogP contribution < -0.4 is 0 Å². The van der Waals surface area contributed by atoms with Crippen LogP contribution in [0.15, 0.2) is 42.7 Å². The number of carbonyl (C=O) groups is 1. The second kappa shape index (κ2) is 5.74. The molecule has 0 N–H and O–H groups in total. The van der Waals surface area contributed by atoms with Gasteiger partial charge in [0.05, 0.1) is 0 Å². The average Bonchev–Trinajstić information content (AvgIpc) is 2.35. The SMILES string of the molecule is O=C(Cc1ccncc1)Cc1cc(F)ccc1Cl. The Bertz CT molecular complexity index is 557. The fourth-order valence-electron chi connectivity index (χ4n) is 1.68. The summed E-state index contributed by atoms with van der Waals surface area (Å²) in [4.78, 5) is 15.7. The maximum absolute atomic E-state index is 13.0. The number of Topliss-reactive ketones (excluding diaryl/α,β-unsaturated/α-hetero) is 1. The number of hydrogen-bond acceptors (Lipinski definition) is 2. The number of aromatic nitrogens is 1. The zero-order valence-corrected chi connectivity index (χ0v) is 10.3. The first-order valence-corrected chi connectivity index (χ1v) is 5.87. The van der Waals surface area contributed by atoms with Crippen molar-refractivity contribution in [3.63, 3.8) is 0 Å². The first kappa shape index (κ1) is 12.7. The fraction of sp³-hybridized carbons (Fsp3) is 0.143. The van der Waals surface area contributed by atoms with Gasteiger partial charge in [0.25, 0.3) is 0 Å². The van der Waals surface area contributed by atoms with E-state index in [0.29, 0.717) is 17.0 Å². The van der Waals surface area contributed by atoms with Crippen LogP contribution in [0.25, 0.3) is 0 Å². The average molecular weight is 264 g/mol. The number of pyridine rings is 1. The molecule has 0 spiro atoms. The van der Waals surface area contributed by atoms with Gasteiger partial charge in [0, 0.05) is 30.3 Å². The monoisotopic (exact) mass is 263 g/mol. The Morgan fingerprint density at radius 2 is 1.89 bits per heavy atom. The number of nitrogens with zero attached hydrogens (tertiary/aromatic N) is 1. The molecule has 2 nitrogen and oxygen atoms in total. The van der Waals surface area contributed by atoms with Crippen LogP contribution in [-0.4, -0.2) is 10.8 Å². The standard InChI is InChI=1S/C14H11ClFNO/c15-14-2-1-12(16)8-11(14)9-13(18)7-10-3-5-17-6-4-10/h1-6,8H,7,9H2. The van der Waals surface area contributed by atoms with Crippen LogP contribution in [0.4, 0.5) is 4.39 Å². The van der Waals surface area contributed by atoms with Gasteiger partial charge < -0.3 is 0 Å². The Morgan fingerprint density at radius 3 is 2.61 bits per heavy atom.